The Hall–Kier alpha value is -4.40. The highest BCUT2D eigenvalue weighted by Gasteiger charge is 2.17. The number of nitrogens with zero attached hydrogens (tertiary/aromatic N) is 4. The van der Waals surface area contributed by atoms with Crippen LogP contribution in [0.5, 0.6) is 23.3 Å². The van der Waals surface area contributed by atoms with E-state index in [0.717, 1.165) is 16.9 Å². The first-order chi connectivity index (χ1) is 15.9. The third-order valence-electron chi connectivity index (χ3n) is 4.82. The Labute approximate surface area is 190 Å². The lowest BCUT2D eigenvalue weighted by atomic mass is 10.0. The monoisotopic (exact) mass is 445 g/mol. The van der Waals surface area contributed by atoms with Crippen molar-refractivity contribution in [2.75, 3.05) is 14.2 Å². The second-order valence-electron chi connectivity index (χ2n) is 7.30. The molecule has 168 valence electrons. The Morgan fingerprint density at radius 3 is 2.42 bits per heavy atom. The number of aryl methyl sites for hydroxylation is 1. The van der Waals surface area contributed by atoms with Gasteiger partial charge >= 0.3 is 6.01 Å². The normalized spacial score (nSPS) is 10.6. The summed E-state index contributed by atoms with van der Waals surface area (Å²) in [5.41, 5.74) is 9.13. The molecule has 33 heavy (non-hydrogen) atoms. The predicted octanol–water partition coefficient (Wildman–Crippen LogP) is 3.61. The highest BCUT2D eigenvalue weighted by Crippen LogP contribution is 2.33. The van der Waals surface area contributed by atoms with Crippen molar-refractivity contribution in [1.29, 1.82) is 0 Å². The predicted molar refractivity (Wildman–Crippen MR) is 122 cm³/mol. The molecule has 0 atom stereocenters. The molecule has 0 saturated carbocycles. The molecule has 2 N–H and O–H groups in total. The Balaban J connectivity index is 1.74. The van der Waals surface area contributed by atoms with Gasteiger partial charge in [-0.1, -0.05) is 0 Å². The van der Waals surface area contributed by atoms with Crippen molar-refractivity contribution in [3.05, 3.63) is 66.5 Å². The number of methoxy groups -OCH3 is 2. The molecular formula is C24H23N5O4. The van der Waals surface area contributed by atoms with Crippen molar-refractivity contribution < 1.29 is 19.0 Å². The fourth-order valence-electron chi connectivity index (χ4n) is 3.35. The topological polar surface area (TPSA) is 114 Å². The highest BCUT2D eigenvalue weighted by molar-refractivity contribution is 5.80. The zero-order valence-corrected chi connectivity index (χ0v) is 18.5. The van der Waals surface area contributed by atoms with E-state index in [4.69, 9.17) is 19.9 Å². The minimum atomic E-state index is -0.497. The number of ether oxygens (including phenoxy) is 3. The van der Waals surface area contributed by atoms with Gasteiger partial charge in [0.05, 0.1) is 19.9 Å². The molecule has 2 aromatic carbocycles. The van der Waals surface area contributed by atoms with Crippen LogP contribution in [0.25, 0.3) is 22.5 Å². The van der Waals surface area contributed by atoms with Crippen molar-refractivity contribution in [1.82, 2.24) is 19.7 Å². The third-order valence-corrected chi connectivity index (χ3v) is 4.82. The molecule has 2 aromatic heterocycles. The van der Waals surface area contributed by atoms with Gasteiger partial charge in [-0.3, -0.25) is 9.48 Å². The molecule has 9 nitrogen and oxygen atoms in total. The molecule has 0 saturated heterocycles. The highest BCUT2D eigenvalue weighted by atomic mass is 16.5. The summed E-state index contributed by atoms with van der Waals surface area (Å²) in [4.78, 5) is 20.3. The zero-order valence-electron chi connectivity index (χ0n) is 18.5. The third kappa shape index (κ3) is 5.09. The Morgan fingerprint density at radius 1 is 1.00 bits per heavy atom. The summed E-state index contributed by atoms with van der Waals surface area (Å²) in [6, 6.07) is 14.8. The van der Waals surface area contributed by atoms with Crippen LogP contribution in [-0.2, 0) is 11.3 Å². The van der Waals surface area contributed by atoms with Gasteiger partial charge in [0.1, 0.15) is 29.5 Å². The number of rotatable bonds is 8. The Kier molecular flexibility index (Phi) is 6.21. The van der Waals surface area contributed by atoms with Gasteiger partial charge in [-0.25, -0.2) is 4.98 Å². The molecule has 0 aliphatic carbocycles. The molecule has 0 bridgehead atoms. The van der Waals surface area contributed by atoms with Gasteiger partial charge in [-0.15, -0.1) is 0 Å². The molecule has 0 unspecified atom stereocenters. The van der Waals surface area contributed by atoms with Crippen molar-refractivity contribution in [3.63, 3.8) is 0 Å². The first kappa shape index (κ1) is 21.8. The lowest BCUT2D eigenvalue weighted by Crippen LogP contribution is -2.18. The van der Waals surface area contributed by atoms with Crippen molar-refractivity contribution in [3.8, 4) is 45.8 Å². The van der Waals surface area contributed by atoms with Gasteiger partial charge in [0.25, 0.3) is 0 Å². The Morgan fingerprint density at radius 2 is 1.73 bits per heavy atom. The van der Waals surface area contributed by atoms with E-state index in [-0.39, 0.29) is 12.6 Å². The molecule has 4 rings (SSSR count). The van der Waals surface area contributed by atoms with E-state index in [0.29, 0.717) is 28.5 Å². The molecule has 9 heteroatoms. The van der Waals surface area contributed by atoms with E-state index in [2.05, 4.69) is 15.1 Å². The lowest BCUT2D eigenvalue weighted by Gasteiger charge is -2.08. The smallest absolute Gasteiger partial charge is 0.322 e. The number of hydrogen-bond donors (Lipinski definition) is 1. The number of benzene rings is 2. The van der Waals surface area contributed by atoms with Crippen LogP contribution in [0.3, 0.4) is 0 Å². The van der Waals surface area contributed by atoms with Crippen molar-refractivity contribution >= 4 is 5.91 Å². The number of carbonyl (C=O) groups excluding carboxylic acids is 1. The summed E-state index contributed by atoms with van der Waals surface area (Å²) >= 11 is 0. The number of hydrogen-bond acceptors (Lipinski definition) is 7. The van der Waals surface area contributed by atoms with Crippen LogP contribution in [0, 0.1) is 6.92 Å². The first-order valence-electron chi connectivity index (χ1n) is 10.1. The zero-order chi connectivity index (χ0) is 23.4. The summed E-state index contributed by atoms with van der Waals surface area (Å²) < 4.78 is 17.9. The van der Waals surface area contributed by atoms with E-state index >= 15 is 0 Å². The largest absolute Gasteiger partial charge is 0.497 e. The lowest BCUT2D eigenvalue weighted by molar-refractivity contribution is -0.118. The minimum Gasteiger partial charge on any atom is -0.497 e. The van der Waals surface area contributed by atoms with Crippen LogP contribution in [0.4, 0.5) is 0 Å². The maximum absolute atomic E-state index is 11.5. The van der Waals surface area contributed by atoms with Crippen LogP contribution in [0.2, 0.25) is 0 Å². The number of aromatic nitrogens is 4. The van der Waals surface area contributed by atoms with E-state index in [1.807, 2.05) is 25.1 Å². The van der Waals surface area contributed by atoms with Crippen molar-refractivity contribution in [2.45, 2.75) is 13.5 Å². The minimum absolute atomic E-state index is 0.0593. The maximum Gasteiger partial charge on any atom is 0.322 e. The van der Waals surface area contributed by atoms with Crippen LogP contribution in [0.1, 0.15) is 5.56 Å². The van der Waals surface area contributed by atoms with Crippen LogP contribution in [0.15, 0.2) is 60.9 Å². The van der Waals surface area contributed by atoms with Crippen LogP contribution >= 0.6 is 0 Å². The molecule has 0 aliphatic rings. The second kappa shape index (κ2) is 9.39. The van der Waals surface area contributed by atoms with Gasteiger partial charge in [0.15, 0.2) is 0 Å². The molecule has 0 radical (unpaired) electrons. The molecular weight excluding hydrogens is 422 g/mol. The van der Waals surface area contributed by atoms with E-state index < -0.39 is 5.91 Å². The number of primary amides is 1. The van der Waals surface area contributed by atoms with Gasteiger partial charge in [-0.05, 0) is 61.0 Å². The van der Waals surface area contributed by atoms with Gasteiger partial charge in [0.2, 0.25) is 5.91 Å². The summed E-state index contributed by atoms with van der Waals surface area (Å²) in [7, 11) is 3.21. The Bertz CT molecular complexity index is 1280. The quantitative estimate of drug-likeness (QED) is 0.441. The van der Waals surface area contributed by atoms with Gasteiger partial charge in [0, 0.05) is 23.5 Å². The molecule has 1 amide bonds. The molecule has 0 fully saturated rings. The standard InChI is InChI=1S/C24H23N5O4/c1-15-10-16(12-19(11-15)32-3)23-20(13-29(28-23)14-22(25)30)21-8-9-26-24(27-21)33-18-6-4-17(31-2)5-7-18/h4-13H,14H2,1-3H3,(H2,25,30). The van der Waals surface area contributed by atoms with E-state index in [1.54, 1.807) is 56.9 Å². The molecule has 0 aliphatic heterocycles. The fourth-order valence-corrected chi connectivity index (χ4v) is 3.35. The fraction of sp³-hybridized carbons (Fsp3) is 0.167. The summed E-state index contributed by atoms with van der Waals surface area (Å²) in [6.45, 7) is 1.91. The molecule has 4 aromatic rings. The van der Waals surface area contributed by atoms with Crippen molar-refractivity contribution in [2.24, 2.45) is 5.73 Å². The maximum atomic E-state index is 11.5. The van der Waals surface area contributed by atoms with E-state index in [9.17, 15) is 4.79 Å². The average Bonchev–Trinajstić information content (AvgIpc) is 3.22. The van der Waals surface area contributed by atoms with Crippen LogP contribution in [-0.4, -0.2) is 39.9 Å². The summed E-state index contributed by atoms with van der Waals surface area (Å²) in [5.74, 6) is 1.49. The first-order valence-corrected chi connectivity index (χ1v) is 10.1. The second-order valence-corrected chi connectivity index (χ2v) is 7.30. The summed E-state index contributed by atoms with van der Waals surface area (Å²) in [6.07, 6.45) is 3.33. The average molecular weight is 445 g/mol. The van der Waals surface area contributed by atoms with Gasteiger partial charge < -0.3 is 19.9 Å². The number of carbonyl (C=O) groups is 1. The molecule has 0 spiro atoms. The molecule has 2 heterocycles. The number of nitrogens with two attached hydrogens (primary N) is 1. The van der Waals surface area contributed by atoms with Gasteiger partial charge in [-0.2, -0.15) is 10.1 Å². The van der Waals surface area contributed by atoms with Crippen LogP contribution < -0.4 is 19.9 Å². The van der Waals surface area contributed by atoms with E-state index in [1.165, 1.54) is 4.68 Å². The SMILES string of the molecule is COc1ccc(Oc2nccc(-c3cn(CC(N)=O)nc3-c3cc(C)cc(OC)c3)n2)cc1. The summed E-state index contributed by atoms with van der Waals surface area (Å²) in [5, 5.41) is 4.59. The number of amides is 1.